The lowest BCUT2D eigenvalue weighted by Gasteiger charge is -2.15. The van der Waals surface area contributed by atoms with Crippen molar-refractivity contribution in [1.82, 2.24) is 10.6 Å². The highest BCUT2D eigenvalue weighted by atomic mass is 16.5. The van der Waals surface area contributed by atoms with Crippen molar-refractivity contribution in [3.63, 3.8) is 0 Å². The molecule has 2 aromatic rings. The number of hydrogen-bond donors (Lipinski definition) is 2. The second-order valence-electron chi connectivity index (χ2n) is 7.21. The maximum atomic E-state index is 12.8. The van der Waals surface area contributed by atoms with Crippen LogP contribution >= 0.6 is 0 Å². The van der Waals surface area contributed by atoms with Gasteiger partial charge in [-0.2, -0.15) is 0 Å². The Hall–Kier alpha value is -3.12. The third-order valence-corrected chi connectivity index (χ3v) is 4.76. The molecule has 1 atom stereocenters. The smallest absolute Gasteiger partial charge is 0.267 e. The van der Waals surface area contributed by atoms with Crippen LogP contribution in [0.2, 0.25) is 0 Å². The van der Waals surface area contributed by atoms with Gasteiger partial charge in [-0.05, 0) is 48.7 Å². The van der Waals surface area contributed by atoms with Crippen molar-refractivity contribution in [2.75, 3.05) is 32.1 Å². The van der Waals surface area contributed by atoms with Crippen LogP contribution in [0.15, 0.2) is 60.3 Å². The fraction of sp³-hybridized carbons (Fsp3) is 0.304. The Morgan fingerprint density at radius 2 is 1.83 bits per heavy atom. The molecule has 0 bridgehead atoms. The predicted molar refractivity (Wildman–Crippen MR) is 115 cm³/mol. The lowest BCUT2D eigenvalue weighted by molar-refractivity contribution is -0.118. The van der Waals surface area contributed by atoms with Gasteiger partial charge in [0.2, 0.25) is 0 Å². The van der Waals surface area contributed by atoms with Gasteiger partial charge in [-0.3, -0.25) is 9.59 Å². The van der Waals surface area contributed by atoms with Crippen LogP contribution < -0.4 is 15.5 Å². The summed E-state index contributed by atoms with van der Waals surface area (Å²) in [6, 6.07) is 16.6. The van der Waals surface area contributed by atoms with Gasteiger partial charge in [0.15, 0.2) is 0 Å². The zero-order valence-corrected chi connectivity index (χ0v) is 16.9. The molecular weight excluding hydrogens is 366 g/mol. The van der Waals surface area contributed by atoms with E-state index in [-0.39, 0.29) is 23.6 Å². The van der Waals surface area contributed by atoms with E-state index in [2.05, 4.69) is 10.6 Å². The molecule has 6 heteroatoms. The number of nitrogens with one attached hydrogen (secondary N) is 2. The van der Waals surface area contributed by atoms with Gasteiger partial charge in [0, 0.05) is 38.5 Å². The minimum Gasteiger partial charge on any atom is -0.378 e. The molecule has 152 valence electrons. The molecule has 1 aliphatic heterocycles. The van der Waals surface area contributed by atoms with Gasteiger partial charge in [0.05, 0.1) is 6.10 Å². The molecule has 1 saturated heterocycles. The van der Waals surface area contributed by atoms with Gasteiger partial charge in [0.1, 0.15) is 5.70 Å². The third kappa shape index (κ3) is 5.93. The van der Waals surface area contributed by atoms with Gasteiger partial charge in [0.25, 0.3) is 11.8 Å². The summed E-state index contributed by atoms with van der Waals surface area (Å²) in [6.45, 7) is 1.16. The molecule has 29 heavy (non-hydrogen) atoms. The molecule has 1 fully saturated rings. The minimum atomic E-state index is -0.332. The topological polar surface area (TPSA) is 70.7 Å². The van der Waals surface area contributed by atoms with Crippen molar-refractivity contribution in [2.45, 2.75) is 18.9 Å². The first kappa shape index (κ1) is 20.6. The second kappa shape index (κ2) is 9.89. The van der Waals surface area contributed by atoms with E-state index in [1.165, 1.54) is 0 Å². The lowest BCUT2D eigenvalue weighted by atomic mass is 10.1. The fourth-order valence-corrected chi connectivity index (χ4v) is 3.08. The fourth-order valence-electron chi connectivity index (χ4n) is 3.08. The normalized spacial score (nSPS) is 16.3. The first-order valence-electron chi connectivity index (χ1n) is 9.78. The molecule has 1 heterocycles. The van der Waals surface area contributed by atoms with E-state index in [1.807, 2.05) is 49.3 Å². The predicted octanol–water partition coefficient (Wildman–Crippen LogP) is 2.82. The summed E-state index contributed by atoms with van der Waals surface area (Å²) in [5, 5.41) is 5.63. The zero-order chi connectivity index (χ0) is 20.6. The first-order chi connectivity index (χ1) is 14.0. The number of amides is 2. The summed E-state index contributed by atoms with van der Waals surface area (Å²) in [7, 11) is 3.93. The van der Waals surface area contributed by atoms with Crippen molar-refractivity contribution in [3.05, 3.63) is 71.4 Å². The van der Waals surface area contributed by atoms with E-state index in [4.69, 9.17) is 4.74 Å². The number of anilines is 1. The maximum Gasteiger partial charge on any atom is 0.267 e. The summed E-state index contributed by atoms with van der Waals surface area (Å²) in [5.74, 6) is -0.657. The molecule has 1 unspecified atom stereocenters. The Kier molecular flexibility index (Phi) is 7.03. The summed E-state index contributed by atoms with van der Waals surface area (Å²) in [6.07, 6.45) is 3.66. The zero-order valence-electron chi connectivity index (χ0n) is 16.9. The number of carbonyl (C=O) groups is 2. The van der Waals surface area contributed by atoms with Gasteiger partial charge in [-0.15, -0.1) is 0 Å². The SMILES string of the molecule is CN(C)c1ccc(/C=C(/NC(=O)c2ccccc2)C(=O)NCC2CCCO2)cc1. The number of ether oxygens (including phenoxy) is 1. The Labute approximate surface area is 171 Å². The average molecular weight is 393 g/mol. The van der Waals surface area contributed by atoms with Crippen LogP contribution in [0.4, 0.5) is 5.69 Å². The highest BCUT2D eigenvalue weighted by Gasteiger charge is 2.19. The van der Waals surface area contributed by atoms with Crippen LogP contribution in [-0.4, -0.2) is 45.2 Å². The van der Waals surface area contributed by atoms with Gasteiger partial charge in [-0.1, -0.05) is 30.3 Å². The maximum absolute atomic E-state index is 12.8. The number of rotatable bonds is 7. The number of hydrogen-bond acceptors (Lipinski definition) is 4. The van der Waals surface area contributed by atoms with Crippen LogP contribution in [-0.2, 0) is 9.53 Å². The van der Waals surface area contributed by atoms with Crippen molar-refractivity contribution in [3.8, 4) is 0 Å². The summed E-state index contributed by atoms with van der Waals surface area (Å²) >= 11 is 0. The molecule has 0 saturated carbocycles. The largest absolute Gasteiger partial charge is 0.378 e. The van der Waals surface area contributed by atoms with Crippen LogP contribution in [0, 0.1) is 0 Å². The van der Waals surface area contributed by atoms with E-state index in [9.17, 15) is 9.59 Å². The van der Waals surface area contributed by atoms with E-state index in [0.717, 1.165) is 30.7 Å². The molecule has 0 spiro atoms. The monoisotopic (exact) mass is 393 g/mol. The van der Waals surface area contributed by atoms with Crippen LogP contribution in [0.5, 0.6) is 0 Å². The van der Waals surface area contributed by atoms with Crippen molar-refractivity contribution < 1.29 is 14.3 Å². The summed E-state index contributed by atoms with van der Waals surface area (Å²) in [5.41, 5.74) is 2.58. The van der Waals surface area contributed by atoms with Crippen molar-refractivity contribution in [2.24, 2.45) is 0 Å². The number of carbonyl (C=O) groups excluding carboxylic acids is 2. The average Bonchev–Trinajstić information content (AvgIpc) is 3.26. The molecule has 1 aliphatic rings. The minimum absolute atomic E-state index is 0.0319. The highest BCUT2D eigenvalue weighted by molar-refractivity contribution is 6.05. The molecule has 3 rings (SSSR count). The Morgan fingerprint density at radius 3 is 2.45 bits per heavy atom. The van der Waals surface area contributed by atoms with E-state index in [0.29, 0.717) is 12.1 Å². The summed E-state index contributed by atoms with van der Waals surface area (Å²) < 4.78 is 5.56. The van der Waals surface area contributed by atoms with Gasteiger partial charge >= 0.3 is 0 Å². The Bertz CT molecular complexity index is 855. The standard InChI is InChI=1S/C23H27N3O3/c1-26(2)19-12-10-17(11-13-19)15-21(23(28)24-16-20-9-6-14-29-20)25-22(27)18-7-4-3-5-8-18/h3-5,7-8,10-13,15,20H,6,9,14,16H2,1-2H3,(H,24,28)(H,25,27)/b21-15+. The third-order valence-electron chi connectivity index (χ3n) is 4.76. The molecular formula is C23H27N3O3. The first-order valence-corrected chi connectivity index (χ1v) is 9.78. The van der Waals surface area contributed by atoms with Crippen molar-refractivity contribution >= 4 is 23.6 Å². The molecule has 0 aliphatic carbocycles. The second-order valence-corrected chi connectivity index (χ2v) is 7.21. The quantitative estimate of drug-likeness (QED) is 0.710. The highest BCUT2D eigenvalue weighted by Crippen LogP contribution is 2.15. The molecule has 0 aromatic heterocycles. The molecule has 2 N–H and O–H groups in total. The van der Waals surface area contributed by atoms with Crippen LogP contribution in [0.3, 0.4) is 0 Å². The van der Waals surface area contributed by atoms with Crippen LogP contribution in [0.25, 0.3) is 6.08 Å². The van der Waals surface area contributed by atoms with E-state index < -0.39 is 0 Å². The molecule has 2 aromatic carbocycles. The molecule has 0 radical (unpaired) electrons. The van der Waals surface area contributed by atoms with Crippen molar-refractivity contribution in [1.29, 1.82) is 0 Å². The summed E-state index contributed by atoms with van der Waals surface area (Å²) in [4.78, 5) is 27.4. The van der Waals surface area contributed by atoms with Gasteiger partial charge < -0.3 is 20.3 Å². The Balaban J connectivity index is 1.77. The Morgan fingerprint density at radius 1 is 1.10 bits per heavy atom. The van der Waals surface area contributed by atoms with Gasteiger partial charge in [-0.25, -0.2) is 0 Å². The number of nitrogens with zero attached hydrogens (tertiary/aromatic N) is 1. The molecule has 6 nitrogen and oxygen atoms in total. The van der Waals surface area contributed by atoms with E-state index >= 15 is 0 Å². The lowest BCUT2D eigenvalue weighted by Crippen LogP contribution is -2.38. The number of benzene rings is 2. The molecule has 2 amide bonds. The van der Waals surface area contributed by atoms with E-state index in [1.54, 1.807) is 30.3 Å². The van der Waals surface area contributed by atoms with Crippen LogP contribution in [0.1, 0.15) is 28.8 Å².